The van der Waals surface area contributed by atoms with Crippen molar-refractivity contribution in [3.05, 3.63) is 42.2 Å². The van der Waals surface area contributed by atoms with E-state index in [1.165, 1.54) is 6.21 Å². The van der Waals surface area contributed by atoms with Crippen LogP contribution in [0.15, 0.2) is 36.6 Å². The van der Waals surface area contributed by atoms with Gasteiger partial charge in [0, 0.05) is 6.54 Å². The van der Waals surface area contributed by atoms with Gasteiger partial charge in [-0.15, -0.1) is 0 Å². The van der Waals surface area contributed by atoms with E-state index >= 15 is 0 Å². The minimum atomic E-state index is -0.237. The summed E-state index contributed by atoms with van der Waals surface area (Å²) in [5.41, 5.74) is 2.16. The average Bonchev–Trinajstić information content (AvgIpc) is 2.48. The number of carbonyl (C=O) groups excluding carboxylic acids is 1. The fourth-order valence-corrected chi connectivity index (χ4v) is 1.50. The summed E-state index contributed by atoms with van der Waals surface area (Å²) in [6.45, 7) is 3.31. The van der Waals surface area contributed by atoms with Crippen LogP contribution in [0.25, 0.3) is 5.57 Å². The lowest BCUT2D eigenvalue weighted by molar-refractivity contribution is 0.227. The predicted octanol–water partition coefficient (Wildman–Crippen LogP) is 2.40. The van der Waals surface area contributed by atoms with Crippen LogP contribution >= 0.6 is 0 Å². The molecule has 1 rings (SSSR count). The maximum atomic E-state index is 11.3. The first-order valence-corrected chi connectivity index (χ1v) is 6.58. The lowest BCUT2D eigenvalue weighted by atomic mass is 10.1. The molecule has 0 heterocycles. The highest BCUT2D eigenvalue weighted by Gasteiger charge is 1.97. The highest BCUT2D eigenvalue weighted by atomic mass is 16.5. The Bertz CT molecular complexity index is 444. The molecule has 1 aromatic carbocycles. The van der Waals surface area contributed by atoms with Crippen LogP contribution in [-0.4, -0.2) is 31.9 Å². The molecule has 3 N–H and O–H groups in total. The van der Waals surface area contributed by atoms with E-state index in [9.17, 15) is 4.79 Å². The van der Waals surface area contributed by atoms with Gasteiger partial charge in [-0.3, -0.25) is 0 Å². The second-order valence-electron chi connectivity index (χ2n) is 4.21. The van der Waals surface area contributed by atoms with Crippen LogP contribution in [-0.2, 0) is 4.74 Å². The van der Waals surface area contributed by atoms with Gasteiger partial charge in [0.15, 0.2) is 0 Å². The number of benzene rings is 1. The normalized spacial score (nSPS) is 10.8. The number of nitrogens with one attached hydrogen (secondary N) is 3. The zero-order chi connectivity index (χ0) is 14.6. The van der Waals surface area contributed by atoms with E-state index in [4.69, 9.17) is 10.1 Å². The standard InChI is InChI=1S/C15H21N3O2/c1-13(14-6-3-2-4-7-14)12-20-11-10-18-15(19)17-9-5-8-16/h2-4,6-8,12,16H,5,9-11H2,1H3,(H2,17,18,19). The van der Waals surface area contributed by atoms with Crippen LogP contribution in [0.3, 0.4) is 0 Å². The summed E-state index contributed by atoms with van der Waals surface area (Å²) in [7, 11) is 0. The van der Waals surface area contributed by atoms with E-state index < -0.39 is 0 Å². The number of rotatable bonds is 8. The van der Waals surface area contributed by atoms with Gasteiger partial charge in [0.25, 0.3) is 0 Å². The Hall–Kier alpha value is -2.30. The van der Waals surface area contributed by atoms with Crippen molar-refractivity contribution in [3.63, 3.8) is 0 Å². The van der Waals surface area contributed by atoms with E-state index in [0.717, 1.165) is 11.1 Å². The van der Waals surface area contributed by atoms with Gasteiger partial charge >= 0.3 is 6.03 Å². The van der Waals surface area contributed by atoms with Crippen molar-refractivity contribution in [2.45, 2.75) is 13.3 Å². The van der Waals surface area contributed by atoms with Crippen molar-refractivity contribution < 1.29 is 9.53 Å². The molecule has 0 aliphatic carbocycles. The third-order valence-electron chi connectivity index (χ3n) is 2.57. The quantitative estimate of drug-likeness (QED) is 0.387. The van der Waals surface area contributed by atoms with Gasteiger partial charge in [-0.2, -0.15) is 0 Å². The van der Waals surface area contributed by atoms with Crippen molar-refractivity contribution in [2.75, 3.05) is 19.7 Å². The van der Waals surface area contributed by atoms with Crippen LogP contribution in [0.4, 0.5) is 4.79 Å². The number of hydrogen-bond donors (Lipinski definition) is 3. The van der Waals surface area contributed by atoms with Crippen molar-refractivity contribution in [1.29, 1.82) is 5.41 Å². The Kier molecular flexibility index (Phi) is 7.57. The minimum Gasteiger partial charge on any atom is -0.499 e. The van der Waals surface area contributed by atoms with Crippen molar-refractivity contribution in [3.8, 4) is 0 Å². The fourth-order valence-electron chi connectivity index (χ4n) is 1.50. The third kappa shape index (κ3) is 6.58. The highest BCUT2D eigenvalue weighted by Crippen LogP contribution is 2.12. The smallest absolute Gasteiger partial charge is 0.314 e. The molecule has 0 spiro atoms. The molecule has 0 aliphatic heterocycles. The number of amides is 2. The van der Waals surface area contributed by atoms with Crippen molar-refractivity contribution >= 4 is 17.8 Å². The van der Waals surface area contributed by atoms with Crippen LogP contribution in [0.1, 0.15) is 18.9 Å². The molecule has 108 valence electrons. The Morgan fingerprint density at radius 3 is 2.65 bits per heavy atom. The Balaban J connectivity index is 2.15. The lowest BCUT2D eigenvalue weighted by Gasteiger charge is -2.07. The lowest BCUT2D eigenvalue weighted by Crippen LogP contribution is -2.37. The third-order valence-corrected chi connectivity index (χ3v) is 2.57. The minimum absolute atomic E-state index is 0.237. The van der Waals surface area contributed by atoms with Crippen LogP contribution in [0.5, 0.6) is 0 Å². The molecule has 2 amide bonds. The first-order valence-electron chi connectivity index (χ1n) is 6.58. The summed E-state index contributed by atoms with van der Waals surface area (Å²) >= 11 is 0. The average molecular weight is 275 g/mol. The van der Waals surface area contributed by atoms with Gasteiger partial charge in [-0.1, -0.05) is 30.3 Å². The van der Waals surface area contributed by atoms with Crippen LogP contribution < -0.4 is 10.6 Å². The maximum Gasteiger partial charge on any atom is 0.314 e. The van der Waals surface area contributed by atoms with Crippen molar-refractivity contribution in [2.24, 2.45) is 0 Å². The first-order chi connectivity index (χ1) is 9.74. The number of urea groups is 1. The van der Waals surface area contributed by atoms with Crippen LogP contribution in [0.2, 0.25) is 0 Å². The van der Waals surface area contributed by atoms with Gasteiger partial charge in [0.05, 0.1) is 12.8 Å². The van der Waals surface area contributed by atoms with E-state index in [1.54, 1.807) is 6.26 Å². The summed E-state index contributed by atoms with van der Waals surface area (Å²) in [6, 6.07) is 9.73. The van der Waals surface area contributed by atoms with Gasteiger partial charge in [0.2, 0.25) is 0 Å². The topological polar surface area (TPSA) is 74.2 Å². The van der Waals surface area contributed by atoms with Gasteiger partial charge in [-0.25, -0.2) is 4.79 Å². The Labute approximate surface area is 119 Å². The predicted molar refractivity (Wildman–Crippen MR) is 80.8 cm³/mol. The van der Waals surface area contributed by atoms with E-state index in [-0.39, 0.29) is 6.03 Å². The molecule has 0 saturated heterocycles. The molecule has 0 fully saturated rings. The SMILES string of the molecule is CC(=COCCNC(=O)NCCC=N)c1ccccc1. The number of carbonyl (C=O) groups is 1. The number of ether oxygens (including phenoxy) is 1. The van der Waals surface area contributed by atoms with Gasteiger partial charge < -0.3 is 20.8 Å². The summed E-state index contributed by atoms with van der Waals surface area (Å²) < 4.78 is 5.39. The maximum absolute atomic E-state index is 11.3. The zero-order valence-corrected chi connectivity index (χ0v) is 11.7. The molecular formula is C15H21N3O2. The molecular weight excluding hydrogens is 254 g/mol. The summed E-state index contributed by atoms with van der Waals surface area (Å²) in [5, 5.41) is 12.1. The highest BCUT2D eigenvalue weighted by molar-refractivity contribution is 5.74. The second-order valence-corrected chi connectivity index (χ2v) is 4.21. The molecule has 0 unspecified atom stereocenters. The molecule has 0 saturated carbocycles. The fraction of sp³-hybridized carbons (Fsp3) is 0.333. The summed E-state index contributed by atoms with van der Waals surface area (Å²) in [5.74, 6) is 0. The molecule has 0 aliphatic rings. The first kappa shape index (κ1) is 15.8. The molecule has 5 heteroatoms. The van der Waals surface area contributed by atoms with Gasteiger partial charge in [-0.05, 0) is 30.7 Å². The summed E-state index contributed by atoms with van der Waals surface area (Å²) in [4.78, 5) is 11.3. The van der Waals surface area contributed by atoms with E-state index in [1.807, 2.05) is 37.3 Å². The molecule has 5 nitrogen and oxygen atoms in total. The molecule has 0 atom stereocenters. The second kappa shape index (κ2) is 9.61. The zero-order valence-electron chi connectivity index (χ0n) is 11.7. The number of allylic oxidation sites excluding steroid dienone is 1. The summed E-state index contributed by atoms with van der Waals surface area (Å²) in [6.07, 6.45) is 3.51. The van der Waals surface area contributed by atoms with Gasteiger partial charge in [0.1, 0.15) is 6.61 Å². The Morgan fingerprint density at radius 1 is 1.25 bits per heavy atom. The van der Waals surface area contributed by atoms with E-state index in [0.29, 0.717) is 26.1 Å². The number of hydrogen-bond acceptors (Lipinski definition) is 3. The largest absolute Gasteiger partial charge is 0.499 e. The molecule has 0 radical (unpaired) electrons. The molecule has 20 heavy (non-hydrogen) atoms. The van der Waals surface area contributed by atoms with E-state index in [2.05, 4.69) is 10.6 Å². The van der Waals surface area contributed by atoms with Crippen molar-refractivity contribution in [1.82, 2.24) is 10.6 Å². The molecule has 0 bridgehead atoms. The van der Waals surface area contributed by atoms with Crippen LogP contribution in [0, 0.1) is 5.41 Å². The Morgan fingerprint density at radius 2 is 1.95 bits per heavy atom. The monoisotopic (exact) mass is 275 g/mol. The molecule has 0 aromatic heterocycles. The molecule has 1 aromatic rings.